The molecule has 0 fully saturated rings. The van der Waals surface area contributed by atoms with Crippen molar-refractivity contribution in [3.8, 4) is 5.75 Å². The summed E-state index contributed by atoms with van der Waals surface area (Å²) in [4.78, 5) is 12.0. The van der Waals surface area contributed by atoms with Gasteiger partial charge in [0.05, 0.1) is 6.61 Å². The quantitative estimate of drug-likeness (QED) is 0.747. The molecule has 0 aliphatic carbocycles. The van der Waals surface area contributed by atoms with Crippen LogP contribution in [0.3, 0.4) is 0 Å². The van der Waals surface area contributed by atoms with Crippen LogP contribution in [0.5, 0.6) is 5.75 Å². The Bertz CT molecular complexity index is 427. The van der Waals surface area contributed by atoms with Crippen molar-refractivity contribution in [2.45, 2.75) is 32.9 Å². The fraction of sp³-hybridized carbons (Fsp3) is 0.500. The van der Waals surface area contributed by atoms with Crippen molar-refractivity contribution in [2.75, 3.05) is 13.2 Å². The minimum absolute atomic E-state index is 0.0239. The van der Waals surface area contributed by atoms with Crippen molar-refractivity contribution in [3.63, 3.8) is 0 Å². The van der Waals surface area contributed by atoms with E-state index in [9.17, 15) is 13.6 Å². The van der Waals surface area contributed by atoms with Crippen LogP contribution in [0.2, 0.25) is 0 Å². The molecule has 1 aromatic carbocycles. The lowest BCUT2D eigenvalue weighted by Gasteiger charge is -2.20. The zero-order valence-corrected chi connectivity index (χ0v) is 11.6. The summed E-state index contributed by atoms with van der Waals surface area (Å²) in [5.74, 6) is -0.532. The number of rotatable bonds is 8. The van der Waals surface area contributed by atoms with E-state index in [-0.39, 0.29) is 12.4 Å². The first-order valence-corrected chi connectivity index (χ1v) is 6.53. The highest BCUT2D eigenvalue weighted by molar-refractivity contribution is 5.78. The Hall–Kier alpha value is -1.69. The third-order valence-corrected chi connectivity index (χ3v) is 2.57. The van der Waals surface area contributed by atoms with Crippen LogP contribution in [-0.4, -0.2) is 25.7 Å². The third kappa shape index (κ3) is 4.77. The Morgan fingerprint density at radius 1 is 1.30 bits per heavy atom. The zero-order chi connectivity index (χ0) is 15.0. The van der Waals surface area contributed by atoms with Gasteiger partial charge in [0.25, 0.3) is 0 Å². The van der Waals surface area contributed by atoms with Gasteiger partial charge in [-0.1, -0.05) is 25.1 Å². The molecule has 1 atom stereocenters. The molecule has 6 heteroatoms. The lowest BCUT2D eigenvalue weighted by molar-refractivity contribution is -0.146. The molecular weight excluding hydrogens is 268 g/mol. The maximum atomic E-state index is 12.4. The van der Waals surface area contributed by atoms with Crippen molar-refractivity contribution in [3.05, 3.63) is 29.8 Å². The van der Waals surface area contributed by atoms with Crippen LogP contribution in [0.1, 0.15) is 31.9 Å². The van der Waals surface area contributed by atoms with Crippen molar-refractivity contribution in [1.29, 1.82) is 0 Å². The number of carbonyl (C=O) groups is 1. The monoisotopic (exact) mass is 287 g/mol. The topological polar surface area (TPSA) is 47.6 Å². The fourth-order valence-electron chi connectivity index (χ4n) is 1.76. The molecule has 4 nitrogen and oxygen atoms in total. The van der Waals surface area contributed by atoms with E-state index in [1.807, 2.05) is 6.92 Å². The van der Waals surface area contributed by atoms with E-state index < -0.39 is 18.6 Å². The molecule has 1 rings (SSSR count). The number of ether oxygens (including phenoxy) is 2. The minimum atomic E-state index is -2.94. The average molecular weight is 287 g/mol. The van der Waals surface area contributed by atoms with E-state index in [4.69, 9.17) is 4.74 Å². The average Bonchev–Trinajstić information content (AvgIpc) is 2.40. The van der Waals surface area contributed by atoms with Crippen LogP contribution in [0.25, 0.3) is 0 Å². The van der Waals surface area contributed by atoms with Gasteiger partial charge >= 0.3 is 12.6 Å². The summed E-state index contributed by atoms with van der Waals surface area (Å²) in [6, 6.07) is 5.39. The zero-order valence-electron chi connectivity index (χ0n) is 11.6. The molecule has 0 aliphatic heterocycles. The van der Waals surface area contributed by atoms with E-state index in [1.165, 1.54) is 6.07 Å². The maximum Gasteiger partial charge on any atom is 0.387 e. The van der Waals surface area contributed by atoms with E-state index in [1.54, 1.807) is 25.1 Å². The Balaban J connectivity index is 3.02. The van der Waals surface area contributed by atoms with Gasteiger partial charge in [0, 0.05) is 5.56 Å². The molecule has 0 saturated heterocycles. The van der Waals surface area contributed by atoms with Gasteiger partial charge in [-0.25, -0.2) is 4.79 Å². The largest absolute Gasteiger partial charge is 0.465 e. The molecule has 1 unspecified atom stereocenters. The molecule has 0 aromatic heterocycles. The number of nitrogens with one attached hydrogen (secondary N) is 1. The summed E-state index contributed by atoms with van der Waals surface area (Å²) >= 11 is 0. The molecule has 0 radical (unpaired) electrons. The first-order valence-electron chi connectivity index (χ1n) is 6.53. The number of benzene rings is 1. The Labute approximate surface area is 117 Å². The van der Waals surface area contributed by atoms with Crippen molar-refractivity contribution >= 4 is 5.97 Å². The van der Waals surface area contributed by atoms with Crippen molar-refractivity contribution < 1.29 is 23.0 Å². The third-order valence-electron chi connectivity index (χ3n) is 2.57. The van der Waals surface area contributed by atoms with Gasteiger partial charge in [0.1, 0.15) is 11.8 Å². The molecule has 0 bridgehead atoms. The highest BCUT2D eigenvalue weighted by atomic mass is 19.3. The molecule has 0 heterocycles. The summed E-state index contributed by atoms with van der Waals surface area (Å²) in [5, 5.41) is 2.98. The standard InChI is InChI=1S/C14H19F2NO3/c1-3-9-17-12(13(18)19-4-2)10-7-5-6-8-11(10)20-14(15)16/h5-8,12,14,17H,3-4,9H2,1-2H3. The second kappa shape index (κ2) is 8.47. The van der Waals surface area contributed by atoms with Gasteiger partial charge < -0.3 is 14.8 Å². The second-order valence-electron chi connectivity index (χ2n) is 4.06. The van der Waals surface area contributed by atoms with E-state index in [0.717, 1.165) is 6.42 Å². The maximum absolute atomic E-state index is 12.4. The normalized spacial score (nSPS) is 12.2. The fourth-order valence-corrected chi connectivity index (χ4v) is 1.76. The van der Waals surface area contributed by atoms with Crippen LogP contribution < -0.4 is 10.1 Å². The van der Waals surface area contributed by atoms with Crippen LogP contribution in [0.4, 0.5) is 8.78 Å². The van der Waals surface area contributed by atoms with Crippen LogP contribution >= 0.6 is 0 Å². The number of para-hydroxylation sites is 1. The van der Waals surface area contributed by atoms with Gasteiger partial charge in [0.15, 0.2) is 0 Å². The lowest BCUT2D eigenvalue weighted by atomic mass is 10.1. The predicted octanol–water partition coefficient (Wildman–Crippen LogP) is 2.89. The first-order chi connectivity index (χ1) is 9.60. The summed E-state index contributed by atoms with van der Waals surface area (Å²) in [6.07, 6.45) is 0.799. The van der Waals surface area contributed by atoms with E-state index in [2.05, 4.69) is 10.1 Å². The Morgan fingerprint density at radius 2 is 2.00 bits per heavy atom. The number of hydrogen-bond acceptors (Lipinski definition) is 4. The van der Waals surface area contributed by atoms with Crippen LogP contribution in [0, 0.1) is 0 Å². The second-order valence-corrected chi connectivity index (χ2v) is 4.06. The molecule has 20 heavy (non-hydrogen) atoms. The molecule has 0 aliphatic rings. The van der Waals surface area contributed by atoms with Crippen molar-refractivity contribution in [2.24, 2.45) is 0 Å². The molecule has 0 amide bonds. The molecule has 1 aromatic rings. The number of halogens is 2. The molecule has 0 saturated carbocycles. The highest BCUT2D eigenvalue weighted by Crippen LogP contribution is 2.27. The van der Waals surface area contributed by atoms with Crippen LogP contribution in [-0.2, 0) is 9.53 Å². The molecule has 112 valence electrons. The van der Waals surface area contributed by atoms with Gasteiger partial charge in [-0.2, -0.15) is 8.78 Å². The van der Waals surface area contributed by atoms with E-state index >= 15 is 0 Å². The summed E-state index contributed by atoms with van der Waals surface area (Å²) in [5.41, 5.74) is 0.347. The highest BCUT2D eigenvalue weighted by Gasteiger charge is 2.25. The lowest BCUT2D eigenvalue weighted by Crippen LogP contribution is -2.31. The number of carbonyl (C=O) groups excluding carboxylic acids is 1. The molecule has 0 spiro atoms. The SMILES string of the molecule is CCCNC(C(=O)OCC)c1ccccc1OC(F)F. The van der Waals surface area contributed by atoms with E-state index in [0.29, 0.717) is 12.1 Å². The van der Waals surface area contributed by atoms with Gasteiger partial charge in [-0.05, 0) is 26.0 Å². The smallest absolute Gasteiger partial charge is 0.387 e. The molecule has 1 N–H and O–H groups in total. The Morgan fingerprint density at radius 3 is 2.60 bits per heavy atom. The predicted molar refractivity (Wildman–Crippen MR) is 70.7 cm³/mol. The van der Waals surface area contributed by atoms with Gasteiger partial charge in [-0.3, -0.25) is 0 Å². The summed E-state index contributed by atoms with van der Waals surface area (Å²) in [7, 11) is 0. The summed E-state index contributed by atoms with van der Waals surface area (Å²) in [6.45, 7) is 1.48. The van der Waals surface area contributed by atoms with Crippen LogP contribution in [0.15, 0.2) is 24.3 Å². The van der Waals surface area contributed by atoms with Gasteiger partial charge in [-0.15, -0.1) is 0 Å². The minimum Gasteiger partial charge on any atom is -0.465 e. The number of alkyl halides is 2. The van der Waals surface area contributed by atoms with Gasteiger partial charge in [0.2, 0.25) is 0 Å². The molecular formula is C14H19F2NO3. The van der Waals surface area contributed by atoms with Crippen molar-refractivity contribution in [1.82, 2.24) is 5.32 Å². The Kier molecular flexibility index (Phi) is 6.93. The number of hydrogen-bond donors (Lipinski definition) is 1. The number of esters is 1. The first kappa shape index (κ1) is 16.4. The summed E-state index contributed by atoms with van der Waals surface area (Å²) < 4.78 is 34.2.